The minimum atomic E-state index is -0.0495. The molecule has 0 fully saturated rings. The Kier molecular flexibility index (Phi) is 5.17. The first-order valence-electron chi connectivity index (χ1n) is 12.7. The number of nitrogens with zero attached hydrogens (tertiary/aromatic N) is 3. The lowest BCUT2D eigenvalue weighted by Gasteiger charge is -2.21. The second kappa shape index (κ2) is 8.61. The van der Waals surface area contributed by atoms with Crippen molar-refractivity contribution in [3.05, 3.63) is 125 Å². The Balaban J connectivity index is 1.46. The third-order valence-corrected chi connectivity index (χ3v) is 7.95. The van der Waals surface area contributed by atoms with Crippen LogP contribution in [0.3, 0.4) is 0 Å². The second-order valence-corrected chi connectivity index (χ2v) is 10.7. The van der Waals surface area contributed by atoms with Gasteiger partial charge in [0.2, 0.25) is 0 Å². The van der Waals surface area contributed by atoms with Crippen LogP contribution in [-0.4, -0.2) is 15.0 Å². The summed E-state index contributed by atoms with van der Waals surface area (Å²) in [5.74, 6) is 1.92. The van der Waals surface area contributed by atoms with Gasteiger partial charge in [0.25, 0.3) is 0 Å². The second-order valence-electron chi connectivity index (χ2n) is 10.2. The van der Waals surface area contributed by atoms with Gasteiger partial charge in [-0.05, 0) is 45.8 Å². The molecule has 0 bridgehead atoms. The zero-order chi connectivity index (χ0) is 25.9. The molecule has 0 atom stereocenters. The molecule has 1 heterocycles. The Morgan fingerprint density at radius 1 is 0.500 bits per heavy atom. The Morgan fingerprint density at radius 3 is 1.95 bits per heavy atom. The fourth-order valence-corrected chi connectivity index (χ4v) is 5.89. The number of benzene rings is 5. The Hall–Kier alpha value is -4.34. The summed E-state index contributed by atoms with van der Waals surface area (Å²) >= 11 is 6.54. The number of rotatable bonds is 3. The van der Waals surface area contributed by atoms with Crippen molar-refractivity contribution in [2.75, 3.05) is 0 Å². The van der Waals surface area contributed by atoms with Crippen molar-refractivity contribution in [1.82, 2.24) is 15.0 Å². The van der Waals surface area contributed by atoms with Gasteiger partial charge < -0.3 is 0 Å². The molecular formula is C34H24ClN3. The fraction of sp³-hybridized carbons (Fsp3) is 0.0882. The summed E-state index contributed by atoms with van der Waals surface area (Å²) in [5.41, 5.74) is 7.98. The molecule has 6 aromatic rings. The molecule has 1 aliphatic carbocycles. The van der Waals surface area contributed by atoms with Gasteiger partial charge in [-0.1, -0.05) is 116 Å². The highest BCUT2D eigenvalue weighted by Crippen LogP contribution is 2.49. The van der Waals surface area contributed by atoms with Crippen LogP contribution in [0, 0.1) is 0 Å². The fourth-order valence-electron chi connectivity index (χ4n) is 5.66. The maximum atomic E-state index is 6.54. The van der Waals surface area contributed by atoms with E-state index in [1.54, 1.807) is 0 Å². The number of aromatic nitrogens is 3. The van der Waals surface area contributed by atoms with Crippen LogP contribution in [0.5, 0.6) is 0 Å². The third kappa shape index (κ3) is 3.54. The standard InChI is InChI=1S/C34H24ClN3/c1-34(2)28-15-9-8-13-24(28)27-20-22(16-18-29(27)34)32-36-31(21-10-4-3-5-11-21)37-33(38-32)26-17-19-30(35)25-14-7-6-12-23(25)26/h3-20H,1-2H3. The monoisotopic (exact) mass is 509 g/mol. The highest BCUT2D eigenvalue weighted by Gasteiger charge is 2.35. The molecule has 0 N–H and O–H groups in total. The van der Waals surface area contributed by atoms with E-state index in [4.69, 9.17) is 26.6 Å². The molecule has 7 rings (SSSR count). The van der Waals surface area contributed by atoms with Crippen molar-refractivity contribution in [2.45, 2.75) is 19.3 Å². The first-order chi connectivity index (χ1) is 18.5. The van der Waals surface area contributed by atoms with Gasteiger partial charge in [0.15, 0.2) is 17.5 Å². The van der Waals surface area contributed by atoms with Gasteiger partial charge in [0, 0.05) is 32.5 Å². The molecule has 0 saturated carbocycles. The normalized spacial score (nSPS) is 13.3. The molecule has 3 nitrogen and oxygen atoms in total. The van der Waals surface area contributed by atoms with Gasteiger partial charge >= 0.3 is 0 Å². The van der Waals surface area contributed by atoms with E-state index in [0.717, 1.165) is 27.5 Å². The number of halogens is 1. The summed E-state index contributed by atoms with van der Waals surface area (Å²) in [6, 6.07) is 37.4. The number of hydrogen-bond acceptors (Lipinski definition) is 3. The maximum Gasteiger partial charge on any atom is 0.164 e. The highest BCUT2D eigenvalue weighted by molar-refractivity contribution is 6.36. The van der Waals surface area contributed by atoms with Gasteiger partial charge in [-0.3, -0.25) is 0 Å². The van der Waals surface area contributed by atoms with Gasteiger partial charge in [-0.25, -0.2) is 15.0 Å². The van der Waals surface area contributed by atoms with Crippen LogP contribution in [-0.2, 0) is 5.41 Å². The number of fused-ring (bicyclic) bond motifs is 4. The molecule has 0 aliphatic heterocycles. The van der Waals surface area contributed by atoms with E-state index >= 15 is 0 Å². The van der Waals surface area contributed by atoms with Crippen LogP contribution in [0.25, 0.3) is 56.1 Å². The molecule has 4 heteroatoms. The van der Waals surface area contributed by atoms with E-state index in [1.165, 1.54) is 22.3 Å². The molecule has 38 heavy (non-hydrogen) atoms. The van der Waals surface area contributed by atoms with E-state index in [2.05, 4.69) is 62.4 Å². The van der Waals surface area contributed by atoms with Crippen molar-refractivity contribution >= 4 is 22.4 Å². The van der Waals surface area contributed by atoms with Crippen LogP contribution in [0.4, 0.5) is 0 Å². The van der Waals surface area contributed by atoms with E-state index in [9.17, 15) is 0 Å². The quantitative estimate of drug-likeness (QED) is 0.239. The molecule has 1 aromatic heterocycles. The molecule has 0 radical (unpaired) electrons. The molecule has 182 valence electrons. The largest absolute Gasteiger partial charge is 0.208 e. The molecule has 0 saturated heterocycles. The molecule has 0 amide bonds. The lowest BCUT2D eigenvalue weighted by molar-refractivity contribution is 0.660. The molecular weight excluding hydrogens is 486 g/mol. The van der Waals surface area contributed by atoms with E-state index in [-0.39, 0.29) is 5.41 Å². The molecule has 5 aromatic carbocycles. The van der Waals surface area contributed by atoms with Gasteiger partial charge in [-0.2, -0.15) is 0 Å². The van der Waals surface area contributed by atoms with Crippen LogP contribution in [0.15, 0.2) is 109 Å². The van der Waals surface area contributed by atoms with E-state index < -0.39 is 0 Å². The van der Waals surface area contributed by atoms with Crippen molar-refractivity contribution < 1.29 is 0 Å². The average molecular weight is 510 g/mol. The lowest BCUT2D eigenvalue weighted by Crippen LogP contribution is -2.14. The summed E-state index contributed by atoms with van der Waals surface area (Å²) in [6.07, 6.45) is 0. The minimum Gasteiger partial charge on any atom is -0.208 e. The Labute approximate surface area is 226 Å². The first-order valence-corrected chi connectivity index (χ1v) is 13.1. The van der Waals surface area contributed by atoms with Crippen LogP contribution in [0.1, 0.15) is 25.0 Å². The van der Waals surface area contributed by atoms with Crippen molar-refractivity contribution in [1.29, 1.82) is 0 Å². The molecule has 0 unspecified atom stereocenters. The minimum absolute atomic E-state index is 0.0495. The SMILES string of the molecule is CC1(C)c2ccccc2-c2cc(-c3nc(-c4ccccc4)nc(-c4ccc(Cl)c5ccccc45)n3)ccc21. The summed E-state index contributed by atoms with van der Waals surface area (Å²) in [4.78, 5) is 14.9. The summed E-state index contributed by atoms with van der Waals surface area (Å²) < 4.78 is 0. The molecule has 0 spiro atoms. The van der Waals surface area contributed by atoms with Crippen molar-refractivity contribution in [3.8, 4) is 45.3 Å². The average Bonchev–Trinajstić information content (AvgIpc) is 3.20. The van der Waals surface area contributed by atoms with Crippen LogP contribution < -0.4 is 0 Å². The third-order valence-electron chi connectivity index (χ3n) is 7.62. The van der Waals surface area contributed by atoms with Crippen LogP contribution >= 0.6 is 11.6 Å². The van der Waals surface area contributed by atoms with Crippen molar-refractivity contribution in [3.63, 3.8) is 0 Å². The van der Waals surface area contributed by atoms with Gasteiger partial charge in [0.05, 0.1) is 0 Å². The summed E-state index contributed by atoms with van der Waals surface area (Å²) in [5, 5.41) is 2.70. The lowest BCUT2D eigenvalue weighted by atomic mass is 9.82. The smallest absolute Gasteiger partial charge is 0.164 e. The zero-order valence-electron chi connectivity index (χ0n) is 21.1. The Bertz CT molecular complexity index is 1860. The zero-order valence-corrected chi connectivity index (χ0v) is 21.9. The number of hydrogen-bond donors (Lipinski definition) is 0. The highest BCUT2D eigenvalue weighted by atomic mass is 35.5. The van der Waals surface area contributed by atoms with Crippen molar-refractivity contribution in [2.24, 2.45) is 0 Å². The molecule has 1 aliphatic rings. The summed E-state index contributed by atoms with van der Waals surface area (Å²) in [6.45, 7) is 4.58. The van der Waals surface area contributed by atoms with Crippen LogP contribution in [0.2, 0.25) is 5.02 Å². The van der Waals surface area contributed by atoms with E-state index in [0.29, 0.717) is 22.5 Å². The predicted molar refractivity (Wildman–Crippen MR) is 156 cm³/mol. The predicted octanol–water partition coefficient (Wildman–Crippen LogP) is 8.99. The first kappa shape index (κ1) is 22.8. The topological polar surface area (TPSA) is 38.7 Å². The van der Waals surface area contributed by atoms with Gasteiger partial charge in [-0.15, -0.1) is 0 Å². The van der Waals surface area contributed by atoms with E-state index in [1.807, 2.05) is 60.7 Å². The maximum absolute atomic E-state index is 6.54. The Morgan fingerprint density at radius 2 is 1.13 bits per heavy atom. The summed E-state index contributed by atoms with van der Waals surface area (Å²) in [7, 11) is 0. The van der Waals surface area contributed by atoms with Gasteiger partial charge in [0.1, 0.15) is 0 Å².